The Hall–Kier alpha value is -0.430. The Labute approximate surface area is 123 Å². The number of likely N-dealkylation sites (N-methyl/N-ethyl adjacent to an activating group) is 1. The highest BCUT2D eigenvalue weighted by atomic mass is 79.9. The topological polar surface area (TPSA) is 49.4 Å². The van der Waals surface area contributed by atoms with Crippen LogP contribution in [0.2, 0.25) is 0 Å². The first-order chi connectivity index (χ1) is 9.01. The lowest BCUT2D eigenvalue weighted by Crippen LogP contribution is -2.32. The van der Waals surface area contributed by atoms with Crippen LogP contribution in [0, 0.1) is 0 Å². The Morgan fingerprint density at radius 3 is 2.63 bits per heavy atom. The Morgan fingerprint density at radius 1 is 1.37 bits per heavy atom. The van der Waals surface area contributed by atoms with Crippen LogP contribution < -0.4 is 5.32 Å². The molecule has 1 aromatic carbocycles. The van der Waals surface area contributed by atoms with E-state index in [9.17, 15) is 8.42 Å². The summed E-state index contributed by atoms with van der Waals surface area (Å²) in [6, 6.07) is 7.33. The maximum atomic E-state index is 12.2. The first-order valence-corrected chi connectivity index (χ1v) is 8.84. The van der Waals surface area contributed by atoms with Crippen LogP contribution in [0.15, 0.2) is 33.6 Å². The van der Waals surface area contributed by atoms with Crippen molar-refractivity contribution >= 4 is 25.8 Å². The summed E-state index contributed by atoms with van der Waals surface area (Å²) in [7, 11) is -1.22. The highest BCUT2D eigenvalue weighted by molar-refractivity contribution is 9.10. The van der Waals surface area contributed by atoms with Gasteiger partial charge in [-0.25, -0.2) is 8.42 Å². The molecule has 1 aliphatic rings. The molecule has 1 atom stereocenters. The van der Waals surface area contributed by atoms with Gasteiger partial charge in [0.05, 0.1) is 10.6 Å². The van der Waals surface area contributed by atoms with Gasteiger partial charge in [0.25, 0.3) is 0 Å². The first-order valence-electron chi connectivity index (χ1n) is 6.39. The molecule has 1 aliphatic heterocycles. The Kier molecular flexibility index (Phi) is 5.00. The van der Waals surface area contributed by atoms with Crippen LogP contribution in [0.5, 0.6) is 0 Å². The molecule has 6 heteroatoms. The predicted molar refractivity (Wildman–Crippen MR) is 80.1 cm³/mol. The van der Waals surface area contributed by atoms with Crippen molar-refractivity contribution in [2.45, 2.75) is 17.4 Å². The van der Waals surface area contributed by atoms with E-state index in [-0.39, 0.29) is 5.75 Å². The van der Waals surface area contributed by atoms with E-state index in [2.05, 4.69) is 26.1 Å². The van der Waals surface area contributed by atoms with Crippen LogP contribution in [0.1, 0.15) is 6.42 Å². The van der Waals surface area contributed by atoms with Gasteiger partial charge in [0.2, 0.25) is 0 Å². The van der Waals surface area contributed by atoms with E-state index >= 15 is 0 Å². The van der Waals surface area contributed by atoms with Gasteiger partial charge in [-0.05, 0) is 44.3 Å². The fourth-order valence-electron chi connectivity index (χ4n) is 2.28. The number of nitrogens with one attached hydrogen (secondary N) is 1. The monoisotopic (exact) mass is 346 g/mol. The lowest BCUT2D eigenvalue weighted by atomic mass is 10.3. The number of hydrogen-bond acceptors (Lipinski definition) is 4. The summed E-state index contributed by atoms with van der Waals surface area (Å²) in [6.45, 7) is 2.52. The average Bonchev–Trinajstić information content (AvgIpc) is 2.85. The predicted octanol–water partition coefficient (Wildman–Crippen LogP) is 1.52. The normalized spacial score (nSPS) is 20.8. The van der Waals surface area contributed by atoms with E-state index in [1.54, 1.807) is 24.3 Å². The molecule has 0 bridgehead atoms. The highest BCUT2D eigenvalue weighted by Crippen LogP contribution is 2.17. The third kappa shape index (κ3) is 4.02. The van der Waals surface area contributed by atoms with Crippen LogP contribution in [-0.4, -0.2) is 51.8 Å². The van der Waals surface area contributed by atoms with Gasteiger partial charge in [0.15, 0.2) is 9.84 Å². The summed E-state index contributed by atoms with van der Waals surface area (Å²) >= 11 is 3.31. The minimum Gasteiger partial charge on any atom is -0.316 e. The number of halogens is 1. The molecule has 19 heavy (non-hydrogen) atoms. The fraction of sp³-hybridized carbons (Fsp3) is 0.538. The number of benzene rings is 1. The largest absolute Gasteiger partial charge is 0.316 e. The second-order valence-electron chi connectivity index (χ2n) is 4.85. The molecule has 0 amide bonds. The average molecular weight is 347 g/mol. The Bertz CT molecular complexity index is 516. The van der Waals surface area contributed by atoms with Crippen LogP contribution >= 0.6 is 15.9 Å². The van der Waals surface area contributed by atoms with E-state index in [4.69, 9.17) is 0 Å². The quantitative estimate of drug-likeness (QED) is 0.878. The van der Waals surface area contributed by atoms with Gasteiger partial charge in [-0.3, -0.25) is 0 Å². The van der Waals surface area contributed by atoms with E-state index in [1.165, 1.54) is 0 Å². The first kappa shape index (κ1) is 15.0. The molecular weight excluding hydrogens is 328 g/mol. The van der Waals surface area contributed by atoms with Crippen LogP contribution in [0.25, 0.3) is 0 Å². The molecule has 1 heterocycles. The smallest absolute Gasteiger partial charge is 0.179 e. The zero-order valence-corrected chi connectivity index (χ0v) is 13.4. The minimum absolute atomic E-state index is 0.186. The zero-order valence-electron chi connectivity index (χ0n) is 11.0. The highest BCUT2D eigenvalue weighted by Gasteiger charge is 2.23. The second-order valence-corrected chi connectivity index (χ2v) is 7.87. The molecule has 0 radical (unpaired) electrons. The number of likely N-dealkylation sites (tertiary alicyclic amines) is 1. The third-order valence-electron chi connectivity index (χ3n) is 3.53. The van der Waals surface area contributed by atoms with Gasteiger partial charge in [-0.1, -0.05) is 15.9 Å². The third-order valence-corrected chi connectivity index (χ3v) is 5.77. The zero-order chi connectivity index (χ0) is 13.9. The van der Waals surface area contributed by atoms with Crippen molar-refractivity contribution in [3.05, 3.63) is 28.7 Å². The van der Waals surface area contributed by atoms with Gasteiger partial charge in [-0.2, -0.15) is 0 Å². The maximum Gasteiger partial charge on any atom is 0.179 e. The molecule has 2 rings (SSSR count). The van der Waals surface area contributed by atoms with Crippen molar-refractivity contribution in [3.8, 4) is 0 Å². The molecule has 0 aliphatic carbocycles. The number of sulfone groups is 1. The summed E-state index contributed by atoms with van der Waals surface area (Å²) < 4.78 is 25.3. The van der Waals surface area contributed by atoms with Gasteiger partial charge < -0.3 is 10.2 Å². The van der Waals surface area contributed by atoms with Gasteiger partial charge in [-0.15, -0.1) is 0 Å². The van der Waals surface area contributed by atoms with Crippen LogP contribution in [-0.2, 0) is 9.84 Å². The molecule has 0 spiro atoms. The molecule has 4 nitrogen and oxygen atoms in total. The summed E-state index contributed by atoms with van der Waals surface area (Å²) in [5, 5.41) is 3.23. The van der Waals surface area contributed by atoms with Crippen molar-refractivity contribution < 1.29 is 8.42 Å². The van der Waals surface area contributed by atoms with E-state index in [0.29, 0.717) is 17.5 Å². The van der Waals surface area contributed by atoms with Crippen molar-refractivity contribution in [1.82, 2.24) is 10.2 Å². The molecule has 0 aromatic heterocycles. The molecule has 1 unspecified atom stereocenters. The number of hydrogen-bond donors (Lipinski definition) is 1. The van der Waals surface area contributed by atoms with Crippen LogP contribution in [0.4, 0.5) is 0 Å². The van der Waals surface area contributed by atoms with Crippen molar-refractivity contribution in [2.24, 2.45) is 0 Å². The maximum absolute atomic E-state index is 12.2. The SMILES string of the molecule is CNC1CCN(CCS(=O)(=O)c2ccc(Br)cc2)C1. The summed E-state index contributed by atoms with van der Waals surface area (Å²) in [6.07, 6.45) is 1.09. The summed E-state index contributed by atoms with van der Waals surface area (Å²) in [5.74, 6) is 0.186. The molecular formula is C13H19BrN2O2S. The molecule has 0 saturated carbocycles. The van der Waals surface area contributed by atoms with Gasteiger partial charge in [0, 0.05) is 23.6 Å². The van der Waals surface area contributed by atoms with E-state index in [0.717, 1.165) is 24.0 Å². The molecule has 1 fully saturated rings. The Morgan fingerprint density at radius 2 is 2.05 bits per heavy atom. The lowest BCUT2D eigenvalue weighted by molar-refractivity contribution is 0.349. The minimum atomic E-state index is -3.17. The molecule has 1 saturated heterocycles. The Balaban J connectivity index is 1.93. The van der Waals surface area contributed by atoms with Crippen LogP contribution in [0.3, 0.4) is 0 Å². The summed E-state index contributed by atoms with van der Waals surface area (Å²) in [5.41, 5.74) is 0. The fourth-order valence-corrected chi connectivity index (χ4v) is 3.83. The van der Waals surface area contributed by atoms with Gasteiger partial charge >= 0.3 is 0 Å². The van der Waals surface area contributed by atoms with Crippen molar-refractivity contribution in [3.63, 3.8) is 0 Å². The van der Waals surface area contributed by atoms with E-state index in [1.807, 2.05) is 7.05 Å². The second kappa shape index (κ2) is 6.35. The number of rotatable bonds is 5. The van der Waals surface area contributed by atoms with Gasteiger partial charge in [0.1, 0.15) is 0 Å². The van der Waals surface area contributed by atoms with Crippen molar-refractivity contribution in [2.75, 3.05) is 32.4 Å². The lowest BCUT2D eigenvalue weighted by Gasteiger charge is -2.15. The summed E-state index contributed by atoms with van der Waals surface area (Å²) in [4.78, 5) is 2.61. The van der Waals surface area contributed by atoms with E-state index < -0.39 is 9.84 Å². The molecule has 1 N–H and O–H groups in total. The molecule has 1 aromatic rings. The number of nitrogens with zero attached hydrogens (tertiary/aromatic N) is 1. The molecule has 106 valence electrons. The standard InChI is InChI=1S/C13H19BrN2O2S/c1-15-12-6-7-16(10-12)8-9-19(17,18)13-4-2-11(14)3-5-13/h2-5,12,15H,6-10H2,1H3. The van der Waals surface area contributed by atoms with Crippen molar-refractivity contribution in [1.29, 1.82) is 0 Å².